The SMILES string of the molecule is CC(=O)c1ccc(NC(=O)C(NS(=O)(=O)c2ccc3c(c2)CCC(=O)N3)c2ccccc2)cc1. The lowest BCUT2D eigenvalue weighted by Gasteiger charge is -2.21. The van der Waals surface area contributed by atoms with Crippen LogP contribution in [0.25, 0.3) is 0 Å². The lowest BCUT2D eigenvalue weighted by atomic mass is 10.0. The van der Waals surface area contributed by atoms with Gasteiger partial charge in [0.15, 0.2) is 5.78 Å². The van der Waals surface area contributed by atoms with Gasteiger partial charge >= 0.3 is 0 Å². The van der Waals surface area contributed by atoms with Crippen molar-refractivity contribution in [1.82, 2.24) is 4.72 Å². The topological polar surface area (TPSA) is 121 Å². The first kappa shape index (κ1) is 23.3. The summed E-state index contributed by atoms with van der Waals surface area (Å²) in [6, 6.07) is 18.1. The quantitative estimate of drug-likeness (QED) is 0.450. The van der Waals surface area contributed by atoms with Crippen molar-refractivity contribution in [1.29, 1.82) is 0 Å². The van der Waals surface area contributed by atoms with Crippen LogP contribution < -0.4 is 15.4 Å². The van der Waals surface area contributed by atoms with Gasteiger partial charge in [0.1, 0.15) is 6.04 Å². The number of hydrogen-bond donors (Lipinski definition) is 3. The van der Waals surface area contributed by atoms with Crippen LogP contribution in [-0.4, -0.2) is 26.0 Å². The molecule has 3 N–H and O–H groups in total. The first-order valence-corrected chi connectivity index (χ1v) is 12.1. The zero-order valence-electron chi connectivity index (χ0n) is 18.4. The number of sulfonamides is 1. The lowest BCUT2D eigenvalue weighted by Crippen LogP contribution is -2.37. The smallest absolute Gasteiger partial charge is 0.247 e. The molecule has 0 saturated carbocycles. The highest BCUT2D eigenvalue weighted by atomic mass is 32.2. The zero-order valence-corrected chi connectivity index (χ0v) is 19.2. The molecule has 34 heavy (non-hydrogen) atoms. The van der Waals surface area contributed by atoms with Crippen LogP contribution in [0.5, 0.6) is 0 Å². The molecule has 4 rings (SSSR count). The van der Waals surface area contributed by atoms with E-state index in [0.717, 1.165) is 0 Å². The van der Waals surface area contributed by atoms with Crippen LogP contribution >= 0.6 is 0 Å². The number of nitrogens with one attached hydrogen (secondary N) is 3. The van der Waals surface area contributed by atoms with E-state index >= 15 is 0 Å². The highest BCUT2D eigenvalue weighted by Gasteiger charge is 2.28. The van der Waals surface area contributed by atoms with Gasteiger partial charge in [-0.25, -0.2) is 8.42 Å². The van der Waals surface area contributed by atoms with Gasteiger partial charge in [0, 0.05) is 23.4 Å². The Morgan fingerprint density at radius 3 is 2.32 bits per heavy atom. The van der Waals surface area contributed by atoms with Crippen molar-refractivity contribution in [2.24, 2.45) is 0 Å². The van der Waals surface area contributed by atoms with Crippen molar-refractivity contribution < 1.29 is 22.8 Å². The van der Waals surface area contributed by atoms with Gasteiger partial charge in [0.25, 0.3) is 0 Å². The highest BCUT2D eigenvalue weighted by Crippen LogP contribution is 2.27. The number of anilines is 2. The molecule has 174 valence electrons. The van der Waals surface area contributed by atoms with Crippen LogP contribution in [0.4, 0.5) is 11.4 Å². The van der Waals surface area contributed by atoms with Gasteiger partial charge in [-0.1, -0.05) is 30.3 Å². The second-order valence-corrected chi connectivity index (χ2v) is 9.67. The van der Waals surface area contributed by atoms with Crippen molar-refractivity contribution in [2.45, 2.75) is 30.7 Å². The second kappa shape index (κ2) is 9.58. The number of benzene rings is 3. The fourth-order valence-electron chi connectivity index (χ4n) is 3.67. The Morgan fingerprint density at radius 1 is 0.941 bits per heavy atom. The number of hydrogen-bond acceptors (Lipinski definition) is 5. The third kappa shape index (κ3) is 5.22. The van der Waals surface area contributed by atoms with Gasteiger partial charge in [-0.2, -0.15) is 4.72 Å². The Morgan fingerprint density at radius 2 is 1.65 bits per heavy atom. The normalized spacial score (nSPS) is 14.0. The molecule has 2 amide bonds. The Balaban J connectivity index is 1.60. The van der Waals surface area contributed by atoms with Crippen LogP contribution in [0.1, 0.15) is 40.9 Å². The maximum Gasteiger partial charge on any atom is 0.247 e. The molecule has 0 bridgehead atoms. The fourth-order valence-corrected chi connectivity index (χ4v) is 4.91. The van der Waals surface area contributed by atoms with E-state index in [2.05, 4.69) is 15.4 Å². The summed E-state index contributed by atoms with van der Waals surface area (Å²) in [4.78, 5) is 36.2. The van der Waals surface area contributed by atoms with Crippen molar-refractivity contribution in [2.75, 3.05) is 10.6 Å². The van der Waals surface area contributed by atoms with Gasteiger partial charge in [-0.15, -0.1) is 0 Å². The molecule has 0 aromatic heterocycles. The molecule has 8 nitrogen and oxygen atoms in total. The maximum absolute atomic E-state index is 13.2. The number of rotatable bonds is 7. The molecule has 3 aromatic rings. The number of aryl methyl sites for hydroxylation is 1. The molecule has 1 atom stereocenters. The molecule has 1 heterocycles. The van der Waals surface area contributed by atoms with E-state index in [-0.39, 0.29) is 23.0 Å². The molecular formula is C25H23N3O5S. The number of fused-ring (bicyclic) bond motifs is 1. The van der Waals surface area contributed by atoms with E-state index in [9.17, 15) is 22.8 Å². The third-order valence-corrected chi connectivity index (χ3v) is 6.93. The summed E-state index contributed by atoms with van der Waals surface area (Å²) in [5, 5.41) is 5.43. The maximum atomic E-state index is 13.2. The molecule has 0 spiro atoms. The van der Waals surface area contributed by atoms with Crippen molar-refractivity contribution in [3.63, 3.8) is 0 Å². The molecule has 1 aliphatic heterocycles. The monoisotopic (exact) mass is 477 g/mol. The van der Waals surface area contributed by atoms with E-state index in [4.69, 9.17) is 0 Å². The van der Waals surface area contributed by atoms with E-state index in [1.54, 1.807) is 60.7 Å². The van der Waals surface area contributed by atoms with Crippen molar-refractivity contribution >= 4 is 39.0 Å². The zero-order chi connectivity index (χ0) is 24.3. The molecule has 0 aliphatic carbocycles. The summed E-state index contributed by atoms with van der Waals surface area (Å²) in [7, 11) is -4.08. The van der Waals surface area contributed by atoms with Crippen LogP contribution in [0.15, 0.2) is 77.7 Å². The molecular weight excluding hydrogens is 454 g/mol. The number of carbonyl (C=O) groups is 3. The Labute approximate surface area is 197 Å². The standard InChI is InChI=1S/C25H23N3O5S/c1-16(29)17-7-10-20(11-8-17)26-25(31)24(18-5-3-2-4-6-18)28-34(32,33)21-12-13-22-19(15-21)9-14-23(30)27-22/h2-8,10-13,15,24,28H,9,14H2,1H3,(H,26,31)(H,27,30). The average Bonchev–Trinajstić information content (AvgIpc) is 2.83. The summed E-state index contributed by atoms with van der Waals surface area (Å²) in [5.74, 6) is -0.786. The van der Waals surface area contributed by atoms with Crippen molar-refractivity contribution in [3.8, 4) is 0 Å². The Kier molecular flexibility index (Phi) is 6.58. The Hall–Kier alpha value is -3.82. The van der Waals surface area contributed by atoms with Gasteiger partial charge in [-0.3, -0.25) is 14.4 Å². The number of amides is 2. The van der Waals surface area contributed by atoms with Gasteiger partial charge in [0.05, 0.1) is 4.90 Å². The summed E-state index contributed by atoms with van der Waals surface area (Å²) in [5.41, 5.74) is 2.70. The van der Waals surface area contributed by atoms with Crippen LogP contribution in [-0.2, 0) is 26.0 Å². The highest BCUT2D eigenvalue weighted by molar-refractivity contribution is 7.89. The van der Waals surface area contributed by atoms with E-state index in [1.165, 1.54) is 19.1 Å². The van der Waals surface area contributed by atoms with Gasteiger partial charge < -0.3 is 10.6 Å². The van der Waals surface area contributed by atoms with Crippen LogP contribution in [0.2, 0.25) is 0 Å². The first-order valence-electron chi connectivity index (χ1n) is 10.6. The molecule has 3 aromatic carbocycles. The van der Waals surface area contributed by atoms with Gasteiger partial charge in [-0.05, 0) is 66.9 Å². The number of Topliss-reactive ketones (excluding diaryl/α,β-unsaturated/α-hetero) is 1. The largest absolute Gasteiger partial charge is 0.326 e. The van der Waals surface area contributed by atoms with Crippen molar-refractivity contribution in [3.05, 3.63) is 89.5 Å². The van der Waals surface area contributed by atoms with Gasteiger partial charge in [0.2, 0.25) is 21.8 Å². The molecule has 0 fully saturated rings. The third-order valence-electron chi connectivity index (χ3n) is 5.51. The molecule has 1 unspecified atom stereocenters. The lowest BCUT2D eigenvalue weighted by molar-refractivity contribution is -0.118. The van der Waals surface area contributed by atoms with Crippen LogP contribution in [0.3, 0.4) is 0 Å². The Bertz CT molecular complexity index is 1350. The molecule has 1 aliphatic rings. The summed E-state index contributed by atoms with van der Waals surface area (Å²) in [6.45, 7) is 1.45. The fraction of sp³-hybridized carbons (Fsp3) is 0.160. The first-order chi connectivity index (χ1) is 16.2. The second-order valence-electron chi connectivity index (χ2n) is 7.95. The predicted molar refractivity (Wildman–Crippen MR) is 128 cm³/mol. The van der Waals surface area contributed by atoms with Crippen LogP contribution in [0, 0.1) is 0 Å². The van der Waals surface area contributed by atoms with E-state index in [0.29, 0.717) is 34.5 Å². The minimum Gasteiger partial charge on any atom is -0.326 e. The average molecular weight is 478 g/mol. The summed E-state index contributed by atoms with van der Waals surface area (Å²) in [6.07, 6.45) is 0.713. The minimum atomic E-state index is -4.08. The minimum absolute atomic E-state index is 0.00180. The summed E-state index contributed by atoms with van der Waals surface area (Å²) >= 11 is 0. The summed E-state index contributed by atoms with van der Waals surface area (Å²) < 4.78 is 29.0. The number of carbonyl (C=O) groups excluding carboxylic acids is 3. The molecule has 0 radical (unpaired) electrons. The molecule has 0 saturated heterocycles. The predicted octanol–water partition coefficient (Wildman–Crippen LogP) is 3.43. The number of ketones is 1. The molecule has 9 heteroatoms. The van der Waals surface area contributed by atoms with E-state index < -0.39 is 22.0 Å². The van der Waals surface area contributed by atoms with E-state index in [1.807, 2.05) is 0 Å².